The molecule has 0 heterocycles. The Kier molecular flexibility index (Phi) is 11.6. The first-order chi connectivity index (χ1) is 4.21. The van der Waals surface area contributed by atoms with E-state index in [1.807, 2.05) is 0 Å². The van der Waals surface area contributed by atoms with E-state index in [4.69, 9.17) is 9.11 Å². The molecule has 6 nitrogen and oxygen atoms in total. The van der Waals surface area contributed by atoms with Gasteiger partial charge in [-0.15, -0.1) is 0 Å². The molecule has 0 saturated heterocycles. The van der Waals surface area contributed by atoms with Crippen molar-refractivity contribution in [1.82, 2.24) is 0 Å². The minimum Gasteiger partial charge on any atom is -0.286 e. The molecule has 0 fully saturated rings. The first kappa shape index (κ1) is 19.4. The second kappa shape index (κ2) is 7.16. The summed E-state index contributed by atoms with van der Waals surface area (Å²) in [6.45, 7) is 0. The molecule has 12 heavy (non-hydrogen) atoms. The van der Waals surface area contributed by atoms with E-state index in [2.05, 4.69) is 0 Å². The minimum atomic E-state index is -4.30. The van der Waals surface area contributed by atoms with Crippen molar-refractivity contribution in [1.29, 1.82) is 0 Å². The van der Waals surface area contributed by atoms with Crippen molar-refractivity contribution >= 4 is 79.4 Å². The molecule has 0 aliphatic rings. The standard InChI is InChI=1S/C2H6O6S2.2Na/c3-9(4,5)1-2-10(6,7)8;;/h1-2H2,(H,3,4,5)(H,6,7,8);;. The maximum atomic E-state index is 9.86. The summed E-state index contributed by atoms with van der Waals surface area (Å²) in [6.07, 6.45) is 0. The summed E-state index contributed by atoms with van der Waals surface area (Å²) in [5.41, 5.74) is 0. The zero-order chi connectivity index (χ0) is 8.41. The van der Waals surface area contributed by atoms with E-state index in [1.54, 1.807) is 0 Å². The Morgan fingerprint density at radius 1 is 0.750 bits per heavy atom. The van der Waals surface area contributed by atoms with Crippen LogP contribution in [0.1, 0.15) is 0 Å². The summed E-state index contributed by atoms with van der Waals surface area (Å²) in [5, 5.41) is 0. The van der Waals surface area contributed by atoms with Gasteiger partial charge in [-0.1, -0.05) is 0 Å². The van der Waals surface area contributed by atoms with E-state index in [0.717, 1.165) is 0 Å². The number of hydrogen-bond donors (Lipinski definition) is 2. The monoisotopic (exact) mass is 236 g/mol. The summed E-state index contributed by atoms with van der Waals surface area (Å²) < 4.78 is 55.4. The van der Waals surface area contributed by atoms with Crippen LogP contribution < -0.4 is 0 Å². The van der Waals surface area contributed by atoms with E-state index in [0.29, 0.717) is 0 Å². The summed E-state index contributed by atoms with van der Waals surface area (Å²) in [6, 6.07) is 0. The average Bonchev–Trinajstić information content (AvgIpc) is 1.57. The van der Waals surface area contributed by atoms with Crippen molar-refractivity contribution in [3.63, 3.8) is 0 Å². The van der Waals surface area contributed by atoms with E-state index in [9.17, 15) is 16.8 Å². The fourth-order valence-corrected chi connectivity index (χ4v) is 1.90. The van der Waals surface area contributed by atoms with E-state index < -0.39 is 31.7 Å². The Balaban J connectivity index is -0.000000405. The van der Waals surface area contributed by atoms with E-state index in [1.165, 1.54) is 0 Å². The Labute approximate surface area is 115 Å². The van der Waals surface area contributed by atoms with Gasteiger partial charge in [-0.3, -0.25) is 9.11 Å². The summed E-state index contributed by atoms with van der Waals surface area (Å²) >= 11 is 0. The Morgan fingerprint density at radius 2 is 0.917 bits per heavy atom. The molecular formula is C2H6Na2O6S2. The first-order valence-corrected chi connectivity index (χ1v) is 5.33. The molecule has 0 aliphatic heterocycles. The molecule has 0 amide bonds. The molecule has 64 valence electrons. The van der Waals surface area contributed by atoms with Crippen LogP contribution in [0, 0.1) is 0 Å². The van der Waals surface area contributed by atoms with Crippen molar-refractivity contribution in [2.24, 2.45) is 0 Å². The van der Waals surface area contributed by atoms with Gasteiger partial charge in [0.1, 0.15) is 0 Å². The first-order valence-electron chi connectivity index (χ1n) is 2.11. The van der Waals surface area contributed by atoms with Crippen molar-refractivity contribution in [3.8, 4) is 0 Å². The van der Waals surface area contributed by atoms with Gasteiger partial charge in [0.25, 0.3) is 20.2 Å². The van der Waals surface area contributed by atoms with Gasteiger partial charge >= 0.3 is 0 Å². The zero-order valence-electron chi connectivity index (χ0n) is 6.76. The van der Waals surface area contributed by atoms with Crippen LogP contribution in [0.15, 0.2) is 0 Å². The number of hydrogen-bond acceptors (Lipinski definition) is 4. The molecular weight excluding hydrogens is 230 g/mol. The van der Waals surface area contributed by atoms with Gasteiger partial charge in [-0.2, -0.15) is 16.8 Å². The largest absolute Gasteiger partial charge is 0.286 e. The molecule has 0 aliphatic carbocycles. The van der Waals surface area contributed by atoms with Gasteiger partial charge in [-0.25, -0.2) is 0 Å². The van der Waals surface area contributed by atoms with Crippen LogP contribution in [0.25, 0.3) is 0 Å². The third kappa shape index (κ3) is 17.8. The summed E-state index contributed by atoms with van der Waals surface area (Å²) in [5.74, 6) is -1.96. The van der Waals surface area contributed by atoms with Crippen LogP contribution in [0.4, 0.5) is 0 Å². The summed E-state index contributed by atoms with van der Waals surface area (Å²) in [7, 11) is -8.59. The third-order valence-electron chi connectivity index (χ3n) is 0.599. The van der Waals surface area contributed by atoms with Crippen LogP contribution in [-0.4, -0.2) is 96.6 Å². The van der Waals surface area contributed by atoms with Crippen molar-refractivity contribution in [2.45, 2.75) is 0 Å². The second-order valence-electron chi connectivity index (χ2n) is 1.57. The quantitative estimate of drug-likeness (QED) is 0.433. The SMILES string of the molecule is O=S(=O)(O)CCS(=O)(=O)O.[Na].[Na]. The van der Waals surface area contributed by atoms with Gasteiger partial charge < -0.3 is 0 Å². The van der Waals surface area contributed by atoms with Gasteiger partial charge in [0.15, 0.2) is 0 Å². The molecule has 0 rings (SSSR count). The van der Waals surface area contributed by atoms with E-state index in [-0.39, 0.29) is 59.1 Å². The predicted molar refractivity (Wildman–Crippen MR) is 44.3 cm³/mol. The molecule has 0 bridgehead atoms. The Bertz CT molecular complexity index is 258. The molecule has 2 N–H and O–H groups in total. The predicted octanol–water partition coefficient (Wildman–Crippen LogP) is -2.00. The average molecular weight is 236 g/mol. The van der Waals surface area contributed by atoms with Crippen LogP contribution in [0.3, 0.4) is 0 Å². The zero-order valence-corrected chi connectivity index (χ0v) is 12.4. The topological polar surface area (TPSA) is 109 Å². The molecule has 0 spiro atoms. The normalized spacial score (nSPS) is 11.2. The van der Waals surface area contributed by atoms with Crippen LogP contribution in [0.5, 0.6) is 0 Å². The van der Waals surface area contributed by atoms with Gasteiger partial charge in [-0.05, 0) is 0 Å². The molecule has 0 unspecified atom stereocenters. The van der Waals surface area contributed by atoms with Crippen molar-refractivity contribution in [3.05, 3.63) is 0 Å². The van der Waals surface area contributed by atoms with Crippen molar-refractivity contribution in [2.75, 3.05) is 11.5 Å². The smallest absolute Gasteiger partial charge is 0.265 e. The number of rotatable bonds is 3. The fraction of sp³-hybridized carbons (Fsp3) is 1.00. The van der Waals surface area contributed by atoms with Gasteiger partial charge in [0.2, 0.25) is 0 Å². The van der Waals surface area contributed by atoms with Gasteiger partial charge in [0, 0.05) is 59.1 Å². The van der Waals surface area contributed by atoms with Crippen LogP contribution in [-0.2, 0) is 20.2 Å². The molecule has 10 heteroatoms. The minimum absolute atomic E-state index is 0. The molecule has 0 aromatic rings. The van der Waals surface area contributed by atoms with Crippen LogP contribution in [0.2, 0.25) is 0 Å². The Hall–Kier alpha value is 1.82. The molecule has 0 aromatic heterocycles. The Morgan fingerprint density at radius 3 is 1.00 bits per heavy atom. The molecule has 0 aromatic carbocycles. The second-order valence-corrected chi connectivity index (χ2v) is 4.72. The fourth-order valence-electron chi connectivity index (χ4n) is 0.211. The maximum Gasteiger partial charge on any atom is 0.265 e. The molecule has 0 atom stereocenters. The van der Waals surface area contributed by atoms with Crippen LogP contribution >= 0.6 is 0 Å². The molecule has 0 saturated carbocycles. The maximum absolute atomic E-state index is 9.86. The summed E-state index contributed by atoms with van der Waals surface area (Å²) in [4.78, 5) is 0. The van der Waals surface area contributed by atoms with E-state index >= 15 is 0 Å². The molecule has 2 radical (unpaired) electrons. The van der Waals surface area contributed by atoms with Gasteiger partial charge in [0.05, 0.1) is 11.5 Å². The van der Waals surface area contributed by atoms with Crippen molar-refractivity contribution < 1.29 is 25.9 Å². The third-order valence-corrected chi connectivity index (χ3v) is 2.30.